The molecular formula is C19H21ClN6O2. The van der Waals surface area contributed by atoms with Gasteiger partial charge in [0.25, 0.3) is 5.91 Å². The molecule has 3 aromatic rings. The van der Waals surface area contributed by atoms with Crippen molar-refractivity contribution in [2.24, 2.45) is 0 Å². The average Bonchev–Trinajstić information content (AvgIpc) is 3.24. The van der Waals surface area contributed by atoms with E-state index in [0.717, 1.165) is 5.69 Å². The molecule has 2 aromatic heterocycles. The van der Waals surface area contributed by atoms with Crippen LogP contribution < -0.4 is 10.6 Å². The van der Waals surface area contributed by atoms with E-state index < -0.39 is 0 Å². The van der Waals surface area contributed by atoms with Gasteiger partial charge in [-0.05, 0) is 26.0 Å². The van der Waals surface area contributed by atoms with Crippen molar-refractivity contribution in [2.75, 3.05) is 10.6 Å². The molecule has 0 spiro atoms. The number of hydrogen-bond acceptors (Lipinski definition) is 4. The first-order valence-electron chi connectivity index (χ1n) is 8.89. The molecule has 28 heavy (non-hydrogen) atoms. The van der Waals surface area contributed by atoms with Crippen LogP contribution in [0.5, 0.6) is 0 Å². The van der Waals surface area contributed by atoms with Crippen molar-refractivity contribution >= 4 is 34.8 Å². The van der Waals surface area contributed by atoms with Crippen molar-refractivity contribution in [3.8, 4) is 0 Å². The minimum atomic E-state index is -0.386. The second-order valence-corrected chi connectivity index (χ2v) is 6.57. The minimum absolute atomic E-state index is 0.164. The minimum Gasteiger partial charge on any atom is -0.323 e. The summed E-state index contributed by atoms with van der Waals surface area (Å²) in [5.74, 6) is -0.626. The highest BCUT2D eigenvalue weighted by Crippen LogP contribution is 2.18. The molecule has 0 aliphatic carbocycles. The number of aromatic nitrogens is 4. The molecule has 2 amide bonds. The van der Waals surface area contributed by atoms with Crippen molar-refractivity contribution in [3.05, 3.63) is 59.1 Å². The molecule has 1 aromatic carbocycles. The molecule has 2 heterocycles. The summed E-state index contributed by atoms with van der Waals surface area (Å²) in [5, 5.41) is 14.5. The number of aryl methyl sites for hydroxylation is 2. The Morgan fingerprint density at radius 2 is 1.93 bits per heavy atom. The zero-order valence-electron chi connectivity index (χ0n) is 15.6. The predicted molar refractivity (Wildman–Crippen MR) is 108 cm³/mol. The van der Waals surface area contributed by atoms with E-state index in [1.165, 1.54) is 0 Å². The summed E-state index contributed by atoms with van der Waals surface area (Å²) in [6.07, 6.45) is 3.38. The topological polar surface area (TPSA) is 93.8 Å². The molecule has 146 valence electrons. The van der Waals surface area contributed by atoms with Crippen LogP contribution in [-0.4, -0.2) is 31.4 Å². The van der Waals surface area contributed by atoms with Crippen molar-refractivity contribution < 1.29 is 9.59 Å². The van der Waals surface area contributed by atoms with Crippen LogP contribution in [-0.2, 0) is 17.9 Å². The van der Waals surface area contributed by atoms with Gasteiger partial charge >= 0.3 is 0 Å². The normalized spacial score (nSPS) is 10.7. The number of halogens is 1. The maximum Gasteiger partial charge on any atom is 0.278 e. The molecule has 0 aliphatic heterocycles. The van der Waals surface area contributed by atoms with Crippen molar-refractivity contribution in [2.45, 2.75) is 33.4 Å². The Balaban J connectivity index is 1.68. The van der Waals surface area contributed by atoms with Gasteiger partial charge < -0.3 is 10.6 Å². The van der Waals surface area contributed by atoms with Gasteiger partial charge in [0.2, 0.25) is 5.91 Å². The molecular weight excluding hydrogens is 380 g/mol. The number of para-hydroxylation sites is 1. The molecule has 9 heteroatoms. The number of benzene rings is 1. The van der Waals surface area contributed by atoms with Gasteiger partial charge in [0.15, 0.2) is 5.69 Å². The fraction of sp³-hybridized carbons (Fsp3) is 0.263. The molecule has 0 atom stereocenters. The summed E-state index contributed by atoms with van der Waals surface area (Å²) in [7, 11) is 0. The standard InChI is InChI=1S/C19H21ClN6O2/c1-3-25-12-16(18(24-25)19(28)22-14-7-5-4-6-8-14)23-17(27)9-10-26-13(2)15(20)11-21-26/h4-8,11-12H,3,9-10H2,1-2H3,(H,22,28)(H,23,27). The fourth-order valence-corrected chi connectivity index (χ4v) is 2.76. The monoisotopic (exact) mass is 400 g/mol. The van der Waals surface area contributed by atoms with Gasteiger partial charge in [-0.15, -0.1) is 0 Å². The van der Waals surface area contributed by atoms with E-state index >= 15 is 0 Å². The molecule has 0 unspecified atom stereocenters. The second kappa shape index (κ2) is 8.71. The van der Waals surface area contributed by atoms with E-state index in [4.69, 9.17) is 11.6 Å². The summed E-state index contributed by atoms with van der Waals surface area (Å²) in [6, 6.07) is 9.08. The number of rotatable bonds is 7. The second-order valence-electron chi connectivity index (χ2n) is 6.17. The third kappa shape index (κ3) is 4.58. The van der Waals surface area contributed by atoms with E-state index in [1.807, 2.05) is 32.0 Å². The SMILES string of the molecule is CCn1cc(NC(=O)CCn2ncc(Cl)c2C)c(C(=O)Nc2ccccc2)n1. The van der Waals surface area contributed by atoms with Crippen LogP contribution in [0.4, 0.5) is 11.4 Å². The molecule has 0 bridgehead atoms. The van der Waals surface area contributed by atoms with Crippen molar-refractivity contribution in [1.29, 1.82) is 0 Å². The Morgan fingerprint density at radius 3 is 2.57 bits per heavy atom. The number of carbonyl (C=O) groups excluding carboxylic acids is 2. The van der Waals surface area contributed by atoms with E-state index in [2.05, 4.69) is 20.8 Å². The maximum absolute atomic E-state index is 12.6. The van der Waals surface area contributed by atoms with E-state index in [-0.39, 0.29) is 23.9 Å². The van der Waals surface area contributed by atoms with Crippen LogP contribution >= 0.6 is 11.6 Å². The summed E-state index contributed by atoms with van der Waals surface area (Å²) >= 11 is 5.98. The Bertz CT molecular complexity index is 980. The smallest absolute Gasteiger partial charge is 0.278 e. The lowest BCUT2D eigenvalue weighted by Crippen LogP contribution is -2.19. The Kier molecular flexibility index (Phi) is 6.10. The molecule has 0 saturated carbocycles. The zero-order valence-corrected chi connectivity index (χ0v) is 16.4. The van der Waals surface area contributed by atoms with Gasteiger partial charge in [-0.1, -0.05) is 29.8 Å². The van der Waals surface area contributed by atoms with Crippen LogP contribution in [0, 0.1) is 6.92 Å². The lowest BCUT2D eigenvalue weighted by Gasteiger charge is -2.07. The molecule has 0 saturated heterocycles. The first-order chi connectivity index (χ1) is 13.5. The van der Waals surface area contributed by atoms with Crippen LogP contribution in [0.3, 0.4) is 0 Å². The Hall–Kier alpha value is -3.13. The summed E-state index contributed by atoms with van der Waals surface area (Å²) < 4.78 is 3.27. The molecule has 3 rings (SSSR count). The molecule has 2 N–H and O–H groups in total. The number of nitrogens with zero attached hydrogens (tertiary/aromatic N) is 4. The predicted octanol–water partition coefficient (Wildman–Crippen LogP) is 3.34. The molecule has 0 fully saturated rings. The van der Waals surface area contributed by atoms with Gasteiger partial charge in [-0.3, -0.25) is 19.0 Å². The number of hydrogen-bond donors (Lipinski definition) is 2. The third-order valence-corrected chi connectivity index (χ3v) is 4.57. The molecule has 0 aliphatic rings. The van der Waals surface area contributed by atoms with E-state index in [0.29, 0.717) is 29.5 Å². The number of anilines is 2. The number of amides is 2. The van der Waals surface area contributed by atoms with Crippen LogP contribution in [0.1, 0.15) is 29.5 Å². The first-order valence-corrected chi connectivity index (χ1v) is 9.27. The Labute approximate surface area is 167 Å². The van der Waals surface area contributed by atoms with Crippen LogP contribution in [0.2, 0.25) is 5.02 Å². The Morgan fingerprint density at radius 1 is 1.18 bits per heavy atom. The third-order valence-electron chi connectivity index (χ3n) is 4.20. The van der Waals surface area contributed by atoms with Gasteiger partial charge in [0.1, 0.15) is 0 Å². The van der Waals surface area contributed by atoms with Crippen molar-refractivity contribution in [3.63, 3.8) is 0 Å². The first kappa shape index (κ1) is 19.6. The van der Waals surface area contributed by atoms with Crippen molar-refractivity contribution in [1.82, 2.24) is 19.6 Å². The quantitative estimate of drug-likeness (QED) is 0.636. The highest BCUT2D eigenvalue weighted by Gasteiger charge is 2.19. The van der Waals surface area contributed by atoms with E-state index in [1.54, 1.807) is 33.9 Å². The highest BCUT2D eigenvalue weighted by molar-refractivity contribution is 6.31. The van der Waals surface area contributed by atoms with Gasteiger partial charge in [0.05, 0.1) is 29.1 Å². The molecule has 0 radical (unpaired) electrons. The molecule has 8 nitrogen and oxygen atoms in total. The van der Waals surface area contributed by atoms with Crippen LogP contribution in [0.25, 0.3) is 0 Å². The summed E-state index contributed by atoms with van der Waals surface area (Å²) in [4.78, 5) is 25.0. The zero-order chi connectivity index (χ0) is 20.1. The largest absolute Gasteiger partial charge is 0.323 e. The van der Waals surface area contributed by atoms with E-state index in [9.17, 15) is 9.59 Å². The summed E-state index contributed by atoms with van der Waals surface area (Å²) in [6.45, 7) is 4.70. The lowest BCUT2D eigenvalue weighted by atomic mass is 10.3. The maximum atomic E-state index is 12.6. The summed E-state index contributed by atoms with van der Waals surface area (Å²) in [5.41, 5.74) is 1.99. The fourth-order valence-electron chi connectivity index (χ4n) is 2.62. The van der Waals surface area contributed by atoms with Gasteiger partial charge in [-0.25, -0.2) is 0 Å². The van der Waals surface area contributed by atoms with Gasteiger partial charge in [-0.2, -0.15) is 10.2 Å². The highest BCUT2D eigenvalue weighted by atomic mass is 35.5. The number of carbonyl (C=O) groups is 2. The van der Waals surface area contributed by atoms with Gasteiger partial charge in [0, 0.05) is 24.8 Å². The average molecular weight is 401 g/mol. The lowest BCUT2D eigenvalue weighted by molar-refractivity contribution is -0.116. The van der Waals surface area contributed by atoms with Crippen LogP contribution in [0.15, 0.2) is 42.7 Å². The number of nitrogens with one attached hydrogen (secondary N) is 2.